The Kier molecular flexibility index (Phi) is 3.88. The van der Waals surface area contributed by atoms with Crippen LogP contribution in [-0.4, -0.2) is 23.7 Å². The number of benzene rings is 1. The molecule has 0 bridgehead atoms. The summed E-state index contributed by atoms with van der Waals surface area (Å²) in [5, 5.41) is 0.698. The van der Waals surface area contributed by atoms with Gasteiger partial charge in [0, 0.05) is 4.90 Å². The normalized spacial score (nSPS) is 14.3. The first-order valence-corrected chi connectivity index (χ1v) is 8.24. The molecule has 0 amide bonds. The van der Waals surface area contributed by atoms with Crippen molar-refractivity contribution in [3.8, 4) is 0 Å². The zero-order valence-electron chi connectivity index (χ0n) is 12.3. The van der Waals surface area contributed by atoms with E-state index in [0.717, 1.165) is 10.5 Å². The predicted octanol–water partition coefficient (Wildman–Crippen LogP) is 3.79. The Morgan fingerprint density at radius 1 is 1.09 bits per heavy atom. The fraction of sp³-hybridized carbons (Fsp3) is 0.188. The molecule has 1 aliphatic rings. The molecule has 1 aromatic heterocycles. The van der Waals surface area contributed by atoms with Gasteiger partial charge in [-0.1, -0.05) is 29.5 Å². The molecule has 0 saturated heterocycles. The van der Waals surface area contributed by atoms with Crippen molar-refractivity contribution in [2.75, 3.05) is 7.11 Å². The Bertz CT molecular complexity index is 803. The molecule has 0 unspecified atom stereocenters. The summed E-state index contributed by atoms with van der Waals surface area (Å²) < 4.78 is 5.20. The number of methoxy groups -OCH3 is 1. The third kappa shape index (κ3) is 2.48. The molecule has 112 valence electrons. The molecule has 1 heterocycles. The van der Waals surface area contributed by atoms with Crippen molar-refractivity contribution in [2.45, 2.75) is 18.7 Å². The van der Waals surface area contributed by atoms with Crippen LogP contribution in [0.4, 0.5) is 0 Å². The number of hydrogen-bond donors (Lipinski definition) is 0. The van der Waals surface area contributed by atoms with E-state index in [0.29, 0.717) is 14.8 Å². The Balaban J connectivity index is 2.05. The minimum absolute atomic E-state index is 0.0772. The van der Waals surface area contributed by atoms with Crippen LogP contribution in [0.1, 0.15) is 30.7 Å². The Hall–Kier alpha value is -1.92. The zero-order valence-corrected chi connectivity index (χ0v) is 13.9. The summed E-state index contributed by atoms with van der Waals surface area (Å²) in [7, 11) is 1.40. The third-order valence-electron chi connectivity index (χ3n) is 3.22. The van der Waals surface area contributed by atoms with E-state index in [4.69, 9.17) is 4.74 Å². The number of carbonyl (C=O) groups is 2. The maximum Gasteiger partial charge on any atom is 0.248 e. The summed E-state index contributed by atoms with van der Waals surface area (Å²) in [6, 6.07) is 7.77. The van der Waals surface area contributed by atoms with E-state index in [1.54, 1.807) is 6.92 Å². The fourth-order valence-corrected chi connectivity index (χ4v) is 4.05. The largest absolute Gasteiger partial charge is 0.491 e. The summed E-state index contributed by atoms with van der Waals surface area (Å²) in [6.45, 7) is 3.78. The van der Waals surface area contributed by atoms with Gasteiger partial charge in [0.05, 0.1) is 12.1 Å². The molecule has 6 heteroatoms. The third-order valence-corrected chi connectivity index (χ3v) is 5.27. The first-order valence-electron chi connectivity index (χ1n) is 6.61. The molecule has 0 atom stereocenters. The van der Waals surface area contributed by atoms with E-state index in [1.165, 1.54) is 30.2 Å². The Morgan fingerprint density at radius 3 is 2.41 bits per heavy atom. The first kappa shape index (κ1) is 15.0. The van der Waals surface area contributed by atoms with E-state index < -0.39 is 0 Å². The highest BCUT2D eigenvalue weighted by atomic mass is 32.2. The monoisotopic (exact) mass is 331 g/mol. The minimum Gasteiger partial charge on any atom is -0.491 e. The molecule has 0 fully saturated rings. The number of aromatic nitrogens is 1. The highest BCUT2D eigenvalue weighted by molar-refractivity contribution is 8.04. The predicted molar refractivity (Wildman–Crippen MR) is 86.6 cm³/mol. The summed E-state index contributed by atoms with van der Waals surface area (Å²) in [5.41, 5.74) is 1.34. The van der Waals surface area contributed by atoms with Gasteiger partial charge in [-0.3, -0.25) is 9.59 Å². The molecule has 4 nitrogen and oxygen atoms in total. The lowest BCUT2D eigenvalue weighted by molar-refractivity contribution is 0.0911. The van der Waals surface area contributed by atoms with Crippen molar-refractivity contribution < 1.29 is 14.3 Å². The second kappa shape index (κ2) is 5.70. The van der Waals surface area contributed by atoms with E-state index in [1.807, 2.05) is 31.2 Å². The van der Waals surface area contributed by atoms with Gasteiger partial charge in [0.1, 0.15) is 15.5 Å². The van der Waals surface area contributed by atoms with Crippen molar-refractivity contribution in [2.24, 2.45) is 0 Å². The number of aryl methyl sites for hydroxylation is 2. The maximum absolute atomic E-state index is 12.7. The number of ketones is 2. The first-order chi connectivity index (χ1) is 10.5. The van der Waals surface area contributed by atoms with Crippen LogP contribution in [-0.2, 0) is 4.74 Å². The average molecular weight is 331 g/mol. The standard InChI is InChI=1S/C16H13NO3S2/c1-8-4-6-10(7-5-8)22-16-13(19)15-11(17-9(2)21-15)12(18)14(16)20-3/h4-7H,1-3H3. The zero-order chi connectivity index (χ0) is 15.9. The maximum atomic E-state index is 12.7. The SMILES string of the molecule is COC1=C(Sc2ccc(C)cc2)C(=O)c2sc(C)nc2C1=O. The lowest BCUT2D eigenvalue weighted by Crippen LogP contribution is -2.20. The van der Waals surface area contributed by atoms with Gasteiger partial charge in [-0.15, -0.1) is 11.3 Å². The number of thioether (sulfide) groups is 1. The van der Waals surface area contributed by atoms with Crippen molar-refractivity contribution in [3.63, 3.8) is 0 Å². The number of rotatable bonds is 3. The Labute approximate surface area is 136 Å². The number of allylic oxidation sites excluding steroid dienone is 2. The van der Waals surface area contributed by atoms with E-state index in [9.17, 15) is 9.59 Å². The number of hydrogen-bond acceptors (Lipinski definition) is 6. The fourth-order valence-electron chi connectivity index (χ4n) is 2.15. The highest BCUT2D eigenvalue weighted by Crippen LogP contribution is 2.38. The van der Waals surface area contributed by atoms with E-state index >= 15 is 0 Å². The summed E-state index contributed by atoms with van der Waals surface area (Å²) in [5.74, 6) is -0.438. The Morgan fingerprint density at radius 2 is 1.77 bits per heavy atom. The smallest absolute Gasteiger partial charge is 0.248 e. The van der Waals surface area contributed by atoms with Crippen LogP contribution in [0.25, 0.3) is 0 Å². The van der Waals surface area contributed by atoms with Crippen molar-refractivity contribution in [1.82, 2.24) is 4.98 Å². The molecule has 0 radical (unpaired) electrons. The lowest BCUT2D eigenvalue weighted by Gasteiger charge is -2.16. The molecule has 0 spiro atoms. The molecule has 2 aromatic rings. The van der Waals surface area contributed by atoms with Gasteiger partial charge in [0.2, 0.25) is 11.6 Å². The molecule has 0 aliphatic heterocycles. The van der Waals surface area contributed by atoms with Crippen molar-refractivity contribution >= 4 is 34.7 Å². The second-order valence-corrected chi connectivity index (χ2v) is 7.13. The van der Waals surface area contributed by atoms with Gasteiger partial charge in [-0.05, 0) is 26.0 Å². The minimum atomic E-state index is -0.323. The number of Topliss-reactive ketones (excluding diaryl/α,β-unsaturated/α-hetero) is 2. The van der Waals surface area contributed by atoms with Gasteiger partial charge < -0.3 is 4.74 Å². The van der Waals surface area contributed by atoms with Crippen LogP contribution in [0.15, 0.2) is 39.8 Å². The number of carbonyl (C=O) groups excluding carboxylic acids is 2. The molecule has 1 aliphatic carbocycles. The van der Waals surface area contributed by atoms with Gasteiger partial charge in [0.25, 0.3) is 0 Å². The van der Waals surface area contributed by atoms with Gasteiger partial charge in [-0.2, -0.15) is 0 Å². The molecule has 22 heavy (non-hydrogen) atoms. The lowest BCUT2D eigenvalue weighted by atomic mass is 10.1. The molecular formula is C16H13NO3S2. The van der Waals surface area contributed by atoms with Crippen LogP contribution in [0.3, 0.4) is 0 Å². The summed E-state index contributed by atoms with van der Waals surface area (Å²) in [4.78, 5) is 30.9. The molecule has 0 N–H and O–H groups in total. The van der Waals surface area contributed by atoms with Crippen LogP contribution in [0, 0.1) is 13.8 Å². The topological polar surface area (TPSA) is 56.3 Å². The van der Waals surface area contributed by atoms with E-state index in [-0.39, 0.29) is 23.0 Å². The van der Waals surface area contributed by atoms with Crippen LogP contribution < -0.4 is 0 Å². The number of thiazole rings is 1. The van der Waals surface area contributed by atoms with E-state index in [2.05, 4.69) is 4.98 Å². The van der Waals surface area contributed by atoms with Crippen molar-refractivity contribution in [3.05, 3.63) is 56.1 Å². The van der Waals surface area contributed by atoms with Gasteiger partial charge in [-0.25, -0.2) is 4.98 Å². The number of nitrogens with zero attached hydrogens (tertiary/aromatic N) is 1. The van der Waals surface area contributed by atoms with Gasteiger partial charge in [0.15, 0.2) is 5.76 Å². The number of fused-ring (bicyclic) bond motifs is 1. The summed E-state index contributed by atoms with van der Waals surface area (Å²) in [6.07, 6.45) is 0. The highest BCUT2D eigenvalue weighted by Gasteiger charge is 2.36. The molecular weight excluding hydrogens is 318 g/mol. The number of ether oxygens (including phenoxy) is 1. The summed E-state index contributed by atoms with van der Waals surface area (Å²) >= 11 is 2.50. The van der Waals surface area contributed by atoms with Crippen LogP contribution >= 0.6 is 23.1 Å². The van der Waals surface area contributed by atoms with Crippen LogP contribution in [0.5, 0.6) is 0 Å². The van der Waals surface area contributed by atoms with Crippen molar-refractivity contribution in [1.29, 1.82) is 0 Å². The second-order valence-electron chi connectivity index (χ2n) is 4.85. The van der Waals surface area contributed by atoms with Gasteiger partial charge >= 0.3 is 0 Å². The quantitative estimate of drug-likeness (QED) is 0.856. The average Bonchev–Trinajstić information content (AvgIpc) is 2.89. The molecule has 3 rings (SSSR count). The molecule has 0 saturated carbocycles. The molecule has 1 aromatic carbocycles. The van der Waals surface area contributed by atoms with Crippen LogP contribution in [0.2, 0.25) is 0 Å².